The summed E-state index contributed by atoms with van der Waals surface area (Å²) >= 11 is 0. The monoisotopic (exact) mass is 324 g/mol. The number of rotatable bonds is 5. The van der Waals surface area contributed by atoms with Crippen LogP contribution in [0.4, 0.5) is 0 Å². The summed E-state index contributed by atoms with van der Waals surface area (Å²) in [5, 5.41) is 7.57. The van der Waals surface area contributed by atoms with Gasteiger partial charge in [0.15, 0.2) is 0 Å². The van der Waals surface area contributed by atoms with Crippen LogP contribution in [0, 0.1) is 5.92 Å². The van der Waals surface area contributed by atoms with Crippen LogP contribution in [0.25, 0.3) is 0 Å². The smallest absolute Gasteiger partial charge is 0.123 e. The molecular formula is C21H28N2O. The lowest BCUT2D eigenvalue weighted by atomic mass is 9.83. The molecule has 1 heterocycles. The molecule has 2 aromatic carbocycles. The van der Waals surface area contributed by atoms with Gasteiger partial charge in [0.1, 0.15) is 5.75 Å². The van der Waals surface area contributed by atoms with E-state index in [0.717, 1.165) is 12.3 Å². The van der Waals surface area contributed by atoms with E-state index in [0.29, 0.717) is 24.0 Å². The molecule has 0 saturated carbocycles. The van der Waals surface area contributed by atoms with Crippen molar-refractivity contribution in [2.24, 2.45) is 5.92 Å². The van der Waals surface area contributed by atoms with Crippen LogP contribution in [0.15, 0.2) is 54.6 Å². The van der Waals surface area contributed by atoms with Crippen LogP contribution in [0.5, 0.6) is 5.75 Å². The van der Waals surface area contributed by atoms with E-state index in [1.54, 1.807) is 7.11 Å². The summed E-state index contributed by atoms with van der Waals surface area (Å²) in [6.07, 6.45) is 1.17. The molecule has 0 aromatic heterocycles. The molecule has 1 fully saturated rings. The highest BCUT2D eigenvalue weighted by atomic mass is 16.5. The van der Waals surface area contributed by atoms with Crippen LogP contribution in [0.1, 0.15) is 37.4 Å². The molecule has 2 aromatic rings. The predicted octanol–water partition coefficient (Wildman–Crippen LogP) is 3.91. The van der Waals surface area contributed by atoms with E-state index in [1.807, 2.05) is 12.1 Å². The lowest BCUT2D eigenvalue weighted by molar-refractivity contribution is 0.201. The first-order valence-corrected chi connectivity index (χ1v) is 8.85. The molecule has 1 aliphatic heterocycles. The van der Waals surface area contributed by atoms with E-state index >= 15 is 0 Å². The van der Waals surface area contributed by atoms with Crippen molar-refractivity contribution in [3.05, 3.63) is 65.7 Å². The molecule has 128 valence electrons. The van der Waals surface area contributed by atoms with Gasteiger partial charge in [-0.3, -0.25) is 0 Å². The average molecular weight is 324 g/mol. The molecule has 0 aliphatic carbocycles. The number of ether oxygens (including phenoxy) is 1. The maximum atomic E-state index is 5.48. The van der Waals surface area contributed by atoms with Gasteiger partial charge < -0.3 is 15.4 Å². The number of hydrogen-bond donors (Lipinski definition) is 2. The Bertz CT molecular complexity index is 643. The third kappa shape index (κ3) is 3.80. The van der Waals surface area contributed by atoms with Crippen molar-refractivity contribution in [1.29, 1.82) is 0 Å². The third-order valence-corrected chi connectivity index (χ3v) is 5.23. The Morgan fingerprint density at radius 1 is 1.04 bits per heavy atom. The molecule has 0 amide bonds. The minimum atomic E-state index is 0.340. The summed E-state index contributed by atoms with van der Waals surface area (Å²) in [6, 6.07) is 20.3. The lowest BCUT2D eigenvalue weighted by Crippen LogP contribution is -2.52. The summed E-state index contributed by atoms with van der Waals surface area (Å²) in [5.41, 5.74) is 2.56. The summed E-state index contributed by atoms with van der Waals surface area (Å²) in [6.45, 7) is 5.44. The fourth-order valence-corrected chi connectivity index (χ4v) is 3.58. The first kappa shape index (κ1) is 17.0. The van der Waals surface area contributed by atoms with Crippen LogP contribution in [-0.2, 0) is 6.54 Å². The van der Waals surface area contributed by atoms with Gasteiger partial charge in [0, 0.05) is 30.2 Å². The normalized spacial score (nSPS) is 27.0. The molecule has 0 spiro atoms. The van der Waals surface area contributed by atoms with E-state index < -0.39 is 0 Å². The lowest BCUT2D eigenvalue weighted by Gasteiger charge is -2.41. The standard InChI is InChI=1S/C21H28N2O/c1-15-13-19(22-14-18-11-7-8-12-20(18)24-3)21(23-16(15)2)17-9-5-4-6-10-17/h4-12,15-16,19,21-23H,13-14H2,1-3H3. The fraction of sp³-hybridized carbons (Fsp3) is 0.429. The van der Waals surface area contributed by atoms with Crippen LogP contribution >= 0.6 is 0 Å². The number of nitrogens with one attached hydrogen (secondary N) is 2. The number of methoxy groups -OCH3 is 1. The second-order valence-electron chi connectivity index (χ2n) is 6.86. The van der Waals surface area contributed by atoms with Crippen molar-refractivity contribution in [3.63, 3.8) is 0 Å². The molecule has 3 nitrogen and oxygen atoms in total. The van der Waals surface area contributed by atoms with Crippen molar-refractivity contribution in [2.45, 2.75) is 44.9 Å². The quantitative estimate of drug-likeness (QED) is 0.875. The predicted molar refractivity (Wildman–Crippen MR) is 99.2 cm³/mol. The summed E-state index contributed by atoms with van der Waals surface area (Å²) in [7, 11) is 1.73. The highest BCUT2D eigenvalue weighted by Crippen LogP contribution is 2.30. The van der Waals surface area contributed by atoms with Gasteiger partial charge in [-0.2, -0.15) is 0 Å². The van der Waals surface area contributed by atoms with E-state index in [4.69, 9.17) is 4.74 Å². The van der Waals surface area contributed by atoms with E-state index in [-0.39, 0.29) is 0 Å². The topological polar surface area (TPSA) is 33.3 Å². The molecule has 4 atom stereocenters. The van der Waals surface area contributed by atoms with Crippen molar-refractivity contribution >= 4 is 0 Å². The Morgan fingerprint density at radius 3 is 2.50 bits per heavy atom. The zero-order chi connectivity index (χ0) is 16.9. The van der Waals surface area contributed by atoms with Gasteiger partial charge in [-0.25, -0.2) is 0 Å². The molecule has 0 bridgehead atoms. The van der Waals surface area contributed by atoms with Crippen LogP contribution in [0.3, 0.4) is 0 Å². The maximum absolute atomic E-state index is 5.48. The van der Waals surface area contributed by atoms with E-state index in [9.17, 15) is 0 Å². The molecular weight excluding hydrogens is 296 g/mol. The van der Waals surface area contributed by atoms with Crippen molar-refractivity contribution < 1.29 is 4.74 Å². The van der Waals surface area contributed by atoms with Crippen molar-refractivity contribution in [1.82, 2.24) is 10.6 Å². The Kier molecular flexibility index (Phi) is 5.54. The van der Waals surface area contributed by atoms with Gasteiger partial charge >= 0.3 is 0 Å². The molecule has 2 N–H and O–H groups in total. The second kappa shape index (κ2) is 7.82. The molecule has 1 aliphatic rings. The zero-order valence-electron chi connectivity index (χ0n) is 14.8. The minimum absolute atomic E-state index is 0.340. The number of benzene rings is 2. The Hall–Kier alpha value is -1.84. The van der Waals surface area contributed by atoms with Gasteiger partial charge in [0.05, 0.1) is 7.11 Å². The largest absolute Gasteiger partial charge is 0.496 e. The fourth-order valence-electron chi connectivity index (χ4n) is 3.58. The number of hydrogen-bond acceptors (Lipinski definition) is 3. The highest BCUT2D eigenvalue weighted by molar-refractivity contribution is 5.33. The molecule has 4 unspecified atom stereocenters. The van der Waals surface area contributed by atoms with Gasteiger partial charge in [-0.15, -0.1) is 0 Å². The van der Waals surface area contributed by atoms with Crippen molar-refractivity contribution in [3.8, 4) is 5.75 Å². The van der Waals surface area contributed by atoms with Gasteiger partial charge in [-0.05, 0) is 30.9 Å². The molecule has 24 heavy (non-hydrogen) atoms. The Balaban J connectivity index is 1.75. The molecule has 3 heteroatoms. The zero-order valence-corrected chi connectivity index (χ0v) is 14.8. The number of para-hydroxylation sites is 1. The van der Waals surface area contributed by atoms with Gasteiger partial charge in [0.2, 0.25) is 0 Å². The molecule has 1 saturated heterocycles. The molecule has 0 radical (unpaired) electrons. The maximum Gasteiger partial charge on any atom is 0.123 e. The van der Waals surface area contributed by atoms with Gasteiger partial charge in [0.25, 0.3) is 0 Å². The number of piperidine rings is 1. The van der Waals surface area contributed by atoms with Crippen molar-refractivity contribution in [2.75, 3.05) is 7.11 Å². The third-order valence-electron chi connectivity index (χ3n) is 5.23. The first-order valence-electron chi connectivity index (χ1n) is 8.85. The Morgan fingerprint density at radius 2 is 1.75 bits per heavy atom. The second-order valence-corrected chi connectivity index (χ2v) is 6.86. The van der Waals surface area contributed by atoms with Crippen LogP contribution < -0.4 is 15.4 Å². The van der Waals surface area contributed by atoms with Crippen LogP contribution in [-0.4, -0.2) is 19.2 Å². The summed E-state index contributed by atoms with van der Waals surface area (Å²) in [5.74, 6) is 1.60. The summed E-state index contributed by atoms with van der Waals surface area (Å²) < 4.78 is 5.48. The minimum Gasteiger partial charge on any atom is -0.496 e. The summed E-state index contributed by atoms with van der Waals surface area (Å²) in [4.78, 5) is 0. The highest BCUT2D eigenvalue weighted by Gasteiger charge is 2.33. The average Bonchev–Trinajstić information content (AvgIpc) is 2.63. The van der Waals surface area contributed by atoms with E-state index in [2.05, 4.69) is 66.9 Å². The van der Waals surface area contributed by atoms with Crippen LogP contribution in [0.2, 0.25) is 0 Å². The molecule has 3 rings (SSSR count). The Labute approximate surface area is 145 Å². The SMILES string of the molecule is COc1ccccc1CNC1CC(C)C(C)NC1c1ccccc1. The first-order chi connectivity index (χ1) is 11.7. The van der Waals surface area contributed by atoms with Gasteiger partial charge in [-0.1, -0.05) is 55.5 Å². The van der Waals surface area contributed by atoms with E-state index in [1.165, 1.54) is 17.5 Å².